The van der Waals surface area contributed by atoms with E-state index in [1.807, 2.05) is 23.1 Å². The minimum absolute atomic E-state index is 0.0618. The third-order valence-electron chi connectivity index (χ3n) is 6.49. The van der Waals surface area contributed by atoms with Gasteiger partial charge >= 0.3 is 0 Å². The van der Waals surface area contributed by atoms with Crippen molar-refractivity contribution >= 4 is 22.7 Å². The summed E-state index contributed by atoms with van der Waals surface area (Å²) in [5.74, 6) is 0.479. The summed E-state index contributed by atoms with van der Waals surface area (Å²) in [5.41, 5.74) is 2.42. The SMILES string of the molecule is O=C(NCC1CC12CCN(C(=O)c1cccnc1)CC2)c1cc2cnccc2[nH]1. The van der Waals surface area contributed by atoms with Gasteiger partial charge in [-0.3, -0.25) is 19.6 Å². The molecule has 148 valence electrons. The van der Waals surface area contributed by atoms with Crippen LogP contribution in [0.25, 0.3) is 10.9 Å². The van der Waals surface area contributed by atoms with Crippen molar-refractivity contribution in [3.63, 3.8) is 0 Å². The van der Waals surface area contributed by atoms with Crippen LogP contribution >= 0.6 is 0 Å². The Bertz CT molecular complexity index is 1020. The van der Waals surface area contributed by atoms with Crippen molar-refractivity contribution in [2.24, 2.45) is 11.3 Å². The molecule has 1 aliphatic heterocycles. The van der Waals surface area contributed by atoms with E-state index in [9.17, 15) is 9.59 Å². The van der Waals surface area contributed by atoms with E-state index in [1.165, 1.54) is 0 Å². The molecule has 7 heteroatoms. The highest BCUT2D eigenvalue weighted by Crippen LogP contribution is 2.59. The molecule has 3 aromatic heterocycles. The lowest BCUT2D eigenvalue weighted by molar-refractivity contribution is 0.0668. The molecule has 3 aromatic rings. The van der Waals surface area contributed by atoms with E-state index < -0.39 is 0 Å². The summed E-state index contributed by atoms with van der Waals surface area (Å²) in [7, 11) is 0. The highest BCUT2D eigenvalue weighted by molar-refractivity contribution is 5.97. The first kappa shape index (κ1) is 17.8. The van der Waals surface area contributed by atoms with Crippen molar-refractivity contribution in [2.45, 2.75) is 19.3 Å². The molecule has 7 nitrogen and oxygen atoms in total. The van der Waals surface area contributed by atoms with E-state index in [1.54, 1.807) is 30.9 Å². The largest absolute Gasteiger partial charge is 0.350 e. The summed E-state index contributed by atoms with van der Waals surface area (Å²) < 4.78 is 0. The van der Waals surface area contributed by atoms with E-state index >= 15 is 0 Å². The Morgan fingerprint density at radius 1 is 1.17 bits per heavy atom. The average Bonchev–Trinajstić information content (AvgIpc) is 3.24. The van der Waals surface area contributed by atoms with Crippen LogP contribution in [-0.4, -0.2) is 51.3 Å². The maximum atomic E-state index is 12.6. The molecule has 1 saturated heterocycles. The first-order valence-electron chi connectivity index (χ1n) is 10.0. The molecule has 2 aliphatic rings. The predicted octanol–water partition coefficient (Wildman–Crippen LogP) is 2.63. The van der Waals surface area contributed by atoms with Crippen molar-refractivity contribution in [2.75, 3.05) is 19.6 Å². The second-order valence-electron chi connectivity index (χ2n) is 8.15. The van der Waals surface area contributed by atoms with Crippen molar-refractivity contribution in [1.29, 1.82) is 0 Å². The van der Waals surface area contributed by atoms with Gasteiger partial charge in [0.15, 0.2) is 0 Å². The van der Waals surface area contributed by atoms with Gasteiger partial charge in [0.05, 0.1) is 5.56 Å². The van der Waals surface area contributed by atoms with Crippen molar-refractivity contribution in [3.05, 3.63) is 60.3 Å². The van der Waals surface area contributed by atoms with Crippen molar-refractivity contribution in [3.8, 4) is 0 Å². The van der Waals surface area contributed by atoms with Crippen LogP contribution in [0.1, 0.15) is 40.1 Å². The lowest BCUT2D eigenvalue weighted by atomic mass is 9.90. The number of likely N-dealkylation sites (tertiary alicyclic amines) is 1. The molecule has 1 atom stereocenters. The molecule has 1 saturated carbocycles. The number of hydrogen-bond donors (Lipinski definition) is 2. The molecule has 2 fully saturated rings. The summed E-state index contributed by atoms with van der Waals surface area (Å²) in [4.78, 5) is 38.3. The Hall–Kier alpha value is -3.22. The van der Waals surface area contributed by atoms with E-state index in [4.69, 9.17) is 0 Å². The van der Waals surface area contributed by atoms with Gasteiger partial charge in [0.1, 0.15) is 5.69 Å². The zero-order chi connectivity index (χ0) is 19.8. The Kier molecular flexibility index (Phi) is 4.30. The normalized spacial score (nSPS) is 20.0. The third kappa shape index (κ3) is 3.37. The fourth-order valence-corrected chi connectivity index (χ4v) is 4.57. The number of carbonyl (C=O) groups excluding carboxylic acids is 2. The number of hydrogen-bond acceptors (Lipinski definition) is 4. The van der Waals surface area contributed by atoms with Crippen LogP contribution in [0.15, 0.2) is 49.1 Å². The van der Waals surface area contributed by atoms with Crippen LogP contribution in [0.5, 0.6) is 0 Å². The Morgan fingerprint density at radius 3 is 2.76 bits per heavy atom. The highest BCUT2D eigenvalue weighted by atomic mass is 16.2. The van der Waals surface area contributed by atoms with E-state index in [2.05, 4.69) is 20.3 Å². The summed E-state index contributed by atoms with van der Waals surface area (Å²) in [6, 6.07) is 7.31. The maximum Gasteiger partial charge on any atom is 0.267 e. The number of nitrogens with one attached hydrogen (secondary N) is 2. The summed E-state index contributed by atoms with van der Waals surface area (Å²) >= 11 is 0. The zero-order valence-corrected chi connectivity index (χ0v) is 16.1. The molecule has 0 radical (unpaired) electrons. The van der Waals surface area contributed by atoms with Crippen LogP contribution in [0, 0.1) is 11.3 Å². The molecule has 1 aliphatic carbocycles. The van der Waals surface area contributed by atoms with Gasteiger partial charge in [-0.1, -0.05) is 0 Å². The Morgan fingerprint density at radius 2 is 2.00 bits per heavy atom. The molecule has 2 amide bonds. The molecular formula is C22H23N5O2. The van der Waals surface area contributed by atoms with Crippen LogP contribution < -0.4 is 5.32 Å². The van der Waals surface area contributed by atoms with Gasteiger partial charge < -0.3 is 15.2 Å². The number of aromatic nitrogens is 3. The molecule has 4 heterocycles. The van der Waals surface area contributed by atoms with E-state index in [0.717, 1.165) is 43.3 Å². The first-order chi connectivity index (χ1) is 14.1. The van der Waals surface area contributed by atoms with Gasteiger partial charge in [0, 0.05) is 55.3 Å². The number of rotatable bonds is 4. The fraction of sp³-hybridized carbons (Fsp3) is 0.364. The predicted molar refractivity (Wildman–Crippen MR) is 108 cm³/mol. The minimum atomic E-state index is -0.0764. The van der Waals surface area contributed by atoms with Gasteiger partial charge in [0.25, 0.3) is 11.8 Å². The molecule has 1 spiro atoms. The highest BCUT2D eigenvalue weighted by Gasteiger charge is 2.54. The monoisotopic (exact) mass is 389 g/mol. The number of fused-ring (bicyclic) bond motifs is 1. The van der Waals surface area contributed by atoms with Gasteiger partial charge in [0.2, 0.25) is 0 Å². The van der Waals surface area contributed by atoms with Gasteiger partial charge in [-0.05, 0) is 54.9 Å². The minimum Gasteiger partial charge on any atom is -0.350 e. The van der Waals surface area contributed by atoms with Gasteiger partial charge in [-0.25, -0.2) is 0 Å². The lowest BCUT2D eigenvalue weighted by Gasteiger charge is -2.33. The zero-order valence-electron chi connectivity index (χ0n) is 16.1. The average molecular weight is 389 g/mol. The van der Waals surface area contributed by atoms with Crippen LogP contribution in [0.3, 0.4) is 0 Å². The molecule has 5 rings (SSSR count). The Labute approximate surface area is 168 Å². The van der Waals surface area contributed by atoms with Crippen LogP contribution in [-0.2, 0) is 0 Å². The number of carbonyl (C=O) groups is 2. The number of piperidine rings is 1. The maximum absolute atomic E-state index is 12.6. The molecule has 1 unspecified atom stereocenters. The Balaban J connectivity index is 1.14. The summed E-state index contributed by atoms with van der Waals surface area (Å²) in [6.45, 7) is 2.23. The quantitative estimate of drug-likeness (QED) is 0.718. The van der Waals surface area contributed by atoms with Crippen LogP contribution in [0.4, 0.5) is 0 Å². The number of H-pyrrole nitrogens is 1. The third-order valence-corrected chi connectivity index (χ3v) is 6.49. The fourth-order valence-electron chi connectivity index (χ4n) is 4.57. The van der Waals surface area contributed by atoms with Gasteiger partial charge in [-0.15, -0.1) is 0 Å². The second-order valence-corrected chi connectivity index (χ2v) is 8.15. The number of aromatic amines is 1. The molecule has 0 aromatic carbocycles. The first-order valence-corrected chi connectivity index (χ1v) is 10.0. The van der Waals surface area contributed by atoms with E-state index in [-0.39, 0.29) is 17.2 Å². The van der Waals surface area contributed by atoms with Crippen molar-refractivity contribution in [1.82, 2.24) is 25.2 Å². The van der Waals surface area contributed by atoms with E-state index in [0.29, 0.717) is 23.7 Å². The smallest absolute Gasteiger partial charge is 0.267 e. The number of pyridine rings is 2. The molecule has 29 heavy (non-hydrogen) atoms. The van der Waals surface area contributed by atoms with Crippen LogP contribution in [0.2, 0.25) is 0 Å². The summed E-state index contributed by atoms with van der Waals surface area (Å²) in [6.07, 6.45) is 9.88. The topological polar surface area (TPSA) is 91.0 Å². The van der Waals surface area contributed by atoms with Gasteiger partial charge in [-0.2, -0.15) is 0 Å². The second kappa shape index (κ2) is 6.99. The molecule has 0 bridgehead atoms. The lowest BCUT2D eigenvalue weighted by Crippen LogP contribution is -2.40. The standard InChI is InChI=1S/C22H23N5O2/c28-20(19-10-16-13-24-7-3-18(16)26-19)25-14-17-11-22(17)4-8-27(9-5-22)21(29)15-2-1-6-23-12-15/h1-3,6-7,10,12-13,17,26H,4-5,8-9,11,14H2,(H,25,28). The molecule has 2 N–H and O–H groups in total. The number of amides is 2. The number of nitrogens with zero attached hydrogens (tertiary/aromatic N) is 3. The summed E-state index contributed by atoms with van der Waals surface area (Å²) in [5, 5.41) is 4.01. The van der Waals surface area contributed by atoms with Crippen molar-refractivity contribution < 1.29 is 9.59 Å². The molecular weight excluding hydrogens is 366 g/mol.